The second kappa shape index (κ2) is 5.67. The lowest BCUT2D eigenvalue weighted by Gasteiger charge is -2.22. The van der Waals surface area contributed by atoms with Gasteiger partial charge in [-0.15, -0.1) is 0 Å². The van der Waals surface area contributed by atoms with Crippen molar-refractivity contribution in [1.29, 1.82) is 0 Å². The predicted octanol–water partition coefficient (Wildman–Crippen LogP) is 4.06. The maximum atomic E-state index is 11.7. The molecular formula is C14H26O. The van der Waals surface area contributed by atoms with Gasteiger partial charge in [0.25, 0.3) is 0 Å². The van der Waals surface area contributed by atoms with Crippen molar-refractivity contribution in [2.24, 2.45) is 23.7 Å². The van der Waals surface area contributed by atoms with Gasteiger partial charge in [0.2, 0.25) is 0 Å². The Hall–Kier alpha value is -0.330. The van der Waals surface area contributed by atoms with Crippen molar-refractivity contribution < 1.29 is 4.79 Å². The second-order valence-electron chi connectivity index (χ2n) is 5.81. The van der Waals surface area contributed by atoms with E-state index in [0.29, 0.717) is 23.5 Å². The van der Waals surface area contributed by atoms with Crippen LogP contribution in [0.1, 0.15) is 59.8 Å². The first-order chi connectivity index (χ1) is 7.02. The van der Waals surface area contributed by atoms with Crippen LogP contribution in [0, 0.1) is 23.7 Å². The lowest BCUT2D eigenvalue weighted by Crippen LogP contribution is -2.21. The first-order valence-electron chi connectivity index (χ1n) is 6.55. The summed E-state index contributed by atoms with van der Waals surface area (Å²) in [5, 5.41) is 0. The molecule has 0 aromatic rings. The Bertz CT molecular complexity index is 207. The van der Waals surface area contributed by atoms with Crippen LogP contribution < -0.4 is 0 Å². The quantitative estimate of drug-likeness (QED) is 0.668. The van der Waals surface area contributed by atoms with E-state index in [-0.39, 0.29) is 0 Å². The summed E-state index contributed by atoms with van der Waals surface area (Å²) >= 11 is 0. The van der Waals surface area contributed by atoms with E-state index in [1.807, 2.05) is 0 Å². The number of carbonyl (C=O) groups excluding carboxylic acids is 1. The highest BCUT2D eigenvalue weighted by Crippen LogP contribution is 2.36. The molecule has 0 bridgehead atoms. The Morgan fingerprint density at radius 2 is 1.93 bits per heavy atom. The fourth-order valence-electron chi connectivity index (χ4n) is 2.94. The van der Waals surface area contributed by atoms with E-state index in [2.05, 4.69) is 27.7 Å². The van der Waals surface area contributed by atoms with Gasteiger partial charge < -0.3 is 0 Å². The number of rotatable bonds is 5. The molecule has 0 heterocycles. The first-order valence-corrected chi connectivity index (χ1v) is 6.55. The van der Waals surface area contributed by atoms with Gasteiger partial charge in [0.15, 0.2) is 0 Å². The Labute approximate surface area is 94.6 Å². The summed E-state index contributed by atoms with van der Waals surface area (Å²) in [5.41, 5.74) is 0. The zero-order valence-electron chi connectivity index (χ0n) is 10.8. The molecule has 1 saturated carbocycles. The SMILES string of the molecule is CC(C)CCCC(C)C1C(=O)CCC1C. The van der Waals surface area contributed by atoms with Crippen molar-refractivity contribution >= 4 is 5.78 Å². The highest BCUT2D eigenvalue weighted by atomic mass is 16.1. The summed E-state index contributed by atoms with van der Waals surface area (Å²) in [6.45, 7) is 9.06. The summed E-state index contributed by atoms with van der Waals surface area (Å²) in [7, 11) is 0. The molecule has 1 nitrogen and oxygen atoms in total. The fraction of sp³-hybridized carbons (Fsp3) is 0.929. The Balaban J connectivity index is 2.32. The maximum Gasteiger partial charge on any atom is 0.136 e. The monoisotopic (exact) mass is 210 g/mol. The molecule has 1 aliphatic carbocycles. The molecule has 0 amide bonds. The third-order valence-corrected chi connectivity index (χ3v) is 3.88. The average Bonchev–Trinajstić information content (AvgIpc) is 2.45. The predicted molar refractivity (Wildman–Crippen MR) is 64.7 cm³/mol. The second-order valence-corrected chi connectivity index (χ2v) is 5.81. The molecule has 0 N–H and O–H groups in total. The van der Waals surface area contributed by atoms with Gasteiger partial charge in [0.05, 0.1) is 0 Å². The molecule has 0 radical (unpaired) electrons. The molecule has 15 heavy (non-hydrogen) atoms. The van der Waals surface area contributed by atoms with Crippen molar-refractivity contribution in [2.75, 3.05) is 0 Å². The van der Waals surface area contributed by atoms with E-state index in [1.54, 1.807) is 0 Å². The normalized spacial score (nSPS) is 28.7. The molecule has 0 spiro atoms. The Morgan fingerprint density at radius 3 is 2.40 bits per heavy atom. The summed E-state index contributed by atoms with van der Waals surface area (Å²) in [6.07, 6.45) is 5.78. The van der Waals surface area contributed by atoms with Crippen LogP contribution in [0.5, 0.6) is 0 Å². The number of carbonyl (C=O) groups is 1. The fourth-order valence-corrected chi connectivity index (χ4v) is 2.94. The largest absolute Gasteiger partial charge is 0.299 e. The Morgan fingerprint density at radius 1 is 1.27 bits per heavy atom. The Kier molecular flexibility index (Phi) is 4.82. The van der Waals surface area contributed by atoms with Crippen LogP contribution in [-0.4, -0.2) is 5.78 Å². The summed E-state index contributed by atoms with van der Waals surface area (Å²) < 4.78 is 0. The van der Waals surface area contributed by atoms with Crippen LogP contribution in [0.25, 0.3) is 0 Å². The van der Waals surface area contributed by atoms with E-state index in [4.69, 9.17) is 0 Å². The van der Waals surface area contributed by atoms with Crippen molar-refractivity contribution in [3.05, 3.63) is 0 Å². The van der Waals surface area contributed by atoms with Crippen molar-refractivity contribution in [3.63, 3.8) is 0 Å². The minimum absolute atomic E-state index is 0.372. The first kappa shape index (κ1) is 12.7. The molecular weight excluding hydrogens is 184 g/mol. The van der Waals surface area contributed by atoms with E-state index >= 15 is 0 Å². The number of ketones is 1. The maximum absolute atomic E-state index is 11.7. The molecule has 1 fully saturated rings. The lowest BCUT2D eigenvalue weighted by atomic mass is 9.82. The molecule has 3 unspecified atom stereocenters. The van der Waals surface area contributed by atoms with Crippen LogP contribution in [0.15, 0.2) is 0 Å². The van der Waals surface area contributed by atoms with E-state index in [9.17, 15) is 4.79 Å². The van der Waals surface area contributed by atoms with E-state index < -0.39 is 0 Å². The van der Waals surface area contributed by atoms with E-state index in [1.165, 1.54) is 19.3 Å². The van der Waals surface area contributed by atoms with Gasteiger partial charge in [-0.2, -0.15) is 0 Å². The van der Waals surface area contributed by atoms with Gasteiger partial charge >= 0.3 is 0 Å². The smallest absolute Gasteiger partial charge is 0.136 e. The van der Waals surface area contributed by atoms with Gasteiger partial charge in [0, 0.05) is 12.3 Å². The summed E-state index contributed by atoms with van der Waals surface area (Å²) in [6, 6.07) is 0. The van der Waals surface area contributed by atoms with Gasteiger partial charge in [-0.05, 0) is 24.2 Å². The summed E-state index contributed by atoms with van der Waals surface area (Å²) in [5.74, 6) is 2.94. The average molecular weight is 210 g/mol. The molecule has 0 saturated heterocycles. The standard InChI is InChI=1S/C14H26O/c1-10(2)6-5-7-11(3)14-12(4)8-9-13(14)15/h10-12,14H,5-9H2,1-4H3. The van der Waals surface area contributed by atoms with Crippen LogP contribution in [0.4, 0.5) is 0 Å². The number of hydrogen-bond donors (Lipinski definition) is 0. The number of Topliss-reactive ketones (excluding diaryl/α,β-unsaturated/α-hetero) is 1. The van der Waals surface area contributed by atoms with Crippen molar-refractivity contribution in [3.8, 4) is 0 Å². The van der Waals surface area contributed by atoms with E-state index in [0.717, 1.165) is 18.8 Å². The zero-order chi connectivity index (χ0) is 11.4. The van der Waals surface area contributed by atoms with Crippen LogP contribution in [-0.2, 0) is 4.79 Å². The number of hydrogen-bond acceptors (Lipinski definition) is 1. The van der Waals surface area contributed by atoms with Gasteiger partial charge in [-0.25, -0.2) is 0 Å². The molecule has 1 rings (SSSR count). The topological polar surface area (TPSA) is 17.1 Å². The molecule has 88 valence electrons. The third-order valence-electron chi connectivity index (χ3n) is 3.88. The van der Waals surface area contributed by atoms with Crippen LogP contribution in [0.2, 0.25) is 0 Å². The molecule has 1 aliphatic rings. The minimum Gasteiger partial charge on any atom is -0.299 e. The van der Waals surface area contributed by atoms with Crippen molar-refractivity contribution in [2.45, 2.75) is 59.8 Å². The molecule has 1 heteroatoms. The third kappa shape index (κ3) is 3.62. The van der Waals surface area contributed by atoms with Crippen LogP contribution in [0.3, 0.4) is 0 Å². The molecule has 0 aromatic heterocycles. The molecule has 0 aromatic carbocycles. The molecule has 0 aliphatic heterocycles. The highest BCUT2D eigenvalue weighted by Gasteiger charge is 2.34. The lowest BCUT2D eigenvalue weighted by molar-refractivity contribution is -0.122. The highest BCUT2D eigenvalue weighted by molar-refractivity contribution is 5.83. The zero-order valence-corrected chi connectivity index (χ0v) is 10.8. The molecule has 3 atom stereocenters. The van der Waals surface area contributed by atoms with Crippen LogP contribution >= 0.6 is 0 Å². The minimum atomic E-state index is 0.372. The summed E-state index contributed by atoms with van der Waals surface area (Å²) in [4.78, 5) is 11.7. The van der Waals surface area contributed by atoms with Gasteiger partial charge in [-0.3, -0.25) is 4.79 Å². The van der Waals surface area contributed by atoms with Crippen molar-refractivity contribution in [1.82, 2.24) is 0 Å². The van der Waals surface area contributed by atoms with Gasteiger partial charge in [0.1, 0.15) is 5.78 Å². The van der Waals surface area contributed by atoms with Gasteiger partial charge in [-0.1, -0.05) is 47.0 Å².